The number of hydrogen-bond acceptors (Lipinski definition) is 1. The summed E-state index contributed by atoms with van der Waals surface area (Å²) in [4.78, 5) is 1.95. The highest BCUT2D eigenvalue weighted by atomic mass is 19.1. The van der Waals surface area contributed by atoms with E-state index in [-0.39, 0.29) is 5.56 Å². The van der Waals surface area contributed by atoms with Crippen LogP contribution in [0.25, 0.3) is 12.2 Å². The molecule has 0 spiro atoms. The van der Waals surface area contributed by atoms with Gasteiger partial charge in [-0.15, -0.1) is 0 Å². The van der Waals surface area contributed by atoms with Crippen LogP contribution >= 0.6 is 0 Å². The molecule has 0 amide bonds. The summed E-state index contributed by atoms with van der Waals surface area (Å²) >= 11 is 0. The first-order valence-corrected chi connectivity index (χ1v) is 6.07. The largest absolute Gasteiger partial charge is 0.378 e. The molecule has 0 aliphatic heterocycles. The van der Waals surface area contributed by atoms with Gasteiger partial charge in [0.25, 0.3) is 0 Å². The van der Waals surface area contributed by atoms with Gasteiger partial charge >= 0.3 is 0 Å². The van der Waals surface area contributed by atoms with Crippen molar-refractivity contribution in [2.24, 2.45) is 0 Å². The maximum atomic E-state index is 13.4. The van der Waals surface area contributed by atoms with Gasteiger partial charge in [0.05, 0.1) is 0 Å². The van der Waals surface area contributed by atoms with Crippen molar-refractivity contribution in [2.75, 3.05) is 19.0 Å². The van der Waals surface area contributed by atoms with E-state index in [1.54, 1.807) is 6.08 Å². The number of rotatable bonds is 3. The zero-order valence-electron chi connectivity index (χ0n) is 11.2. The predicted molar refractivity (Wildman–Crippen MR) is 76.0 cm³/mol. The molecule has 1 nitrogen and oxygen atoms in total. The Balaban J connectivity index is 2.25. The van der Waals surface area contributed by atoms with Crippen LogP contribution < -0.4 is 4.90 Å². The van der Waals surface area contributed by atoms with Crippen molar-refractivity contribution in [3.63, 3.8) is 0 Å². The Labute approximate surface area is 116 Å². The standard InChI is InChI=1S/C16H14F3N/c1-20(2)13-6-3-11(4-7-13)5-8-14-15(18)9-12(17)10-16(14)19/h3-10H,1-2H3. The summed E-state index contributed by atoms with van der Waals surface area (Å²) in [7, 11) is 3.85. The Morgan fingerprint density at radius 2 is 1.40 bits per heavy atom. The van der Waals surface area contributed by atoms with Crippen molar-refractivity contribution in [1.82, 2.24) is 0 Å². The molecule has 0 aromatic heterocycles. The Bertz CT molecular complexity index is 608. The van der Waals surface area contributed by atoms with E-state index in [0.29, 0.717) is 12.1 Å². The molecule has 0 saturated heterocycles. The molecule has 0 heterocycles. The molecule has 0 radical (unpaired) electrons. The number of hydrogen-bond donors (Lipinski definition) is 0. The molecule has 0 bridgehead atoms. The minimum atomic E-state index is -0.924. The highest BCUT2D eigenvalue weighted by Crippen LogP contribution is 2.19. The summed E-state index contributed by atoms with van der Waals surface area (Å²) < 4.78 is 39.7. The molecule has 2 aromatic rings. The highest BCUT2D eigenvalue weighted by molar-refractivity contribution is 5.71. The van der Waals surface area contributed by atoms with Crippen LogP contribution in [0.1, 0.15) is 11.1 Å². The molecule has 2 aromatic carbocycles. The Morgan fingerprint density at radius 1 is 0.850 bits per heavy atom. The molecule has 0 unspecified atom stereocenters. The average molecular weight is 277 g/mol. The number of benzene rings is 2. The van der Waals surface area contributed by atoms with Gasteiger partial charge in [-0.1, -0.05) is 18.2 Å². The van der Waals surface area contributed by atoms with Crippen LogP contribution in [-0.4, -0.2) is 14.1 Å². The summed E-state index contributed by atoms with van der Waals surface area (Å²) in [5.41, 5.74) is 1.59. The second-order valence-corrected chi connectivity index (χ2v) is 4.60. The fourth-order valence-electron chi connectivity index (χ4n) is 1.78. The Hall–Kier alpha value is -2.23. The molecular weight excluding hydrogens is 263 g/mol. The minimum Gasteiger partial charge on any atom is -0.378 e. The van der Waals surface area contributed by atoms with Gasteiger partial charge in [0.1, 0.15) is 17.5 Å². The Morgan fingerprint density at radius 3 is 1.90 bits per heavy atom. The quantitative estimate of drug-likeness (QED) is 0.754. The lowest BCUT2D eigenvalue weighted by Gasteiger charge is -2.11. The van der Waals surface area contributed by atoms with Gasteiger partial charge in [0.2, 0.25) is 0 Å². The fraction of sp³-hybridized carbons (Fsp3) is 0.125. The summed E-state index contributed by atoms with van der Waals surface area (Å²) in [5.74, 6) is -2.75. The molecule has 0 aliphatic carbocycles. The van der Waals surface area contributed by atoms with Gasteiger partial charge in [0, 0.05) is 37.5 Å². The first-order valence-electron chi connectivity index (χ1n) is 6.07. The van der Waals surface area contributed by atoms with Crippen molar-refractivity contribution < 1.29 is 13.2 Å². The lowest BCUT2D eigenvalue weighted by atomic mass is 10.1. The number of anilines is 1. The van der Waals surface area contributed by atoms with Crippen LogP contribution in [-0.2, 0) is 0 Å². The maximum absolute atomic E-state index is 13.4. The van der Waals surface area contributed by atoms with Gasteiger partial charge < -0.3 is 4.90 Å². The predicted octanol–water partition coefficient (Wildman–Crippen LogP) is 4.34. The number of halogens is 3. The minimum absolute atomic E-state index is 0.247. The SMILES string of the molecule is CN(C)c1ccc(C=Cc2c(F)cc(F)cc2F)cc1. The third-order valence-corrected chi connectivity index (χ3v) is 2.90. The van der Waals surface area contributed by atoms with Crippen molar-refractivity contribution in [3.8, 4) is 0 Å². The third-order valence-electron chi connectivity index (χ3n) is 2.90. The number of nitrogens with zero attached hydrogens (tertiary/aromatic N) is 1. The molecule has 0 N–H and O–H groups in total. The maximum Gasteiger partial charge on any atom is 0.136 e. The summed E-state index contributed by atoms with van der Waals surface area (Å²) in [6, 6.07) is 8.81. The van der Waals surface area contributed by atoms with Crippen LogP contribution in [0.4, 0.5) is 18.9 Å². The molecule has 0 fully saturated rings. The van der Waals surface area contributed by atoms with E-state index < -0.39 is 17.5 Å². The summed E-state index contributed by atoms with van der Waals surface area (Å²) in [6.07, 6.45) is 2.88. The topological polar surface area (TPSA) is 3.24 Å². The third kappa shape index (κ3) is 3.20. The van der Waals surface area contributed by atoms with Crippen LogP contribution in [0.5, 0.6) is 0 Å². The average Bonchev–Trinajstić information content (AvgIpc) is 2.38. The van der Waals surface area contributed by atoms with E-state index in [2.05, 4.69) is 0 Å². The summed E-state index contributed by atoms with van der Waals surface area (Å²) in [5, 5.41) is 0. The van der Waals surface area contributed by atoms with Crippen molar-refractivity contribution in [1.29, 1.82) is 0 Å². The van der Waals surface area contributed by atoms with E-state index in [0.717, 1.165) is 11.3 Å². The summed E-state index contributed by atoms with van der Waals surface area (Å²) in [6.45, 7) is 0. The zero-order valence-corrected chi connectivity index (χ0v) is 11.2. The van der Waals surface area contributed by atoms with Crippen LogP contribution in [0.15, 0.2) is 36.4 Å². The van der Waals surface area contributed by atoms with Crippen molar-refractivity contribution in [2.45, 2.75) is 0 Å². The highest BCUT2D eigenvalue weighted by Gasteiger charge is 2.08. The normalized spacial score (nSPS) is 11.1. The van der Waals surface area contributed by atoms with Crippen LogP contribution in [0.3, 0.4) is 0 Å². The smallest absolute Gasteiger partial charge is 0.136 e. The lowest BCUT2D eigenvalue weighted by molar-refractivity contribution is 0.540. The van der Waals surface area contributed by atoms with Crippen molar-refractivity contribution >= 4 is 17.8 Å². The molecule has 4 heteroatoms. The zero-order chi connectivity index (χ0) is 14.7. The van der Waals surface area contributed by atoms with Crippen LogP contribution in [0.2, 0.25) is 0 Å². The monoisotopic (exact) mass is 277 g/mol. The molecular formula is C16H14F3N. The molecule has 2 rings (SSSR count). The second-order valence-electron chi connectivity index (χ2n) is 4.60. The van der Waals surface area contributed by atoms with Gasteiger partial charge in [-0.05, 0) is 23.8 Å². The van der Waals surface area contributed by atoms with E-state index in [4.69, 9.17) is 0 Å². The second kappa shape index (κ2) is 5.82. The fourth-order valence-corrected chi connectivity index (χ4v) is 1.78. The van der Waals surface area contributed by atoms with E-state index in [1.165, 1.54) is 6.08 Å². The molecule has 104 valence electrons. The van der Waals surface area contributed by atoms with Crippen molar-refractivity contribution in [3.05, 3.63) is 65.0 Å². The van der Waals surface area contributed by atoms with Gasteiger partial charge in [0.15, 0.2) is 0 Å². The molecule has 20 heavy (non-hydrogen) atoms. The van der Waals surface area contributed by atoms with Crippen LogP contribution in [0, 0.1) is 17.5 Å². The van der Waals surface area contributed by atoms with Gasteiger partial charge in [-0.3, -0.25) is 0 Å². The van der Waals surface area contributed by atoms with Gasteiger partial charge in [-0.2, -0.15) is 0 Å². The first kappa shape index (κ1) is 14.2. The lowest BCUT2D eigenvalue weighted by Crippen LogP contribution is -2.07. The first-order chi connectivity index (χ1) is 9.47. The van der Waals surface area contributed by atoms with E-state index in [1.807, 2.05) is 43.3 Å². The van der Waals surface area contributed by atoms with E-state index in [9.17, 15) is 13.2 Å². The Kier molecular flexibility index (Phi) is 4.13. The molecule has 0 aliphatic rings. The molecule has 0 atom stereocenters. The van der Waals surface area contributed by atoms with E-state index >= 15 is 0 Å². The molecule has 0 saturated carbocycles. The van der Waals surface area contributed by atoms with Gasteiger partial charge in [-0.25, -0.2) is 13.2 Å².